The van der Waals surface area contributed by atoms with Gasteiger partial charge < -0.3 is 20.6 Å². The first-order valence-corrected chi connectivity index (χ1v) is 25.3. The normalized spacial score (nSPS) is 13.3. The number of hydrogen-bond acceptors (Lipinski definition) is 4. The van der Waals surface area contributed by atoms with Gasteiger partial charge in [-0.25, -0.2) is 0 Å². The number of nitrogens with one attached hydrogen (secondary N) is 1. The second kappa shape index (κ2) is 46.0. The van der Waals surface area contributed by atoms with Crippen LogP contribution >= 0.6 is 0 Å². The average Bonchev–Trinajstić information content (AvgIpc) is 3.19. The van der Waals surface area contributed by atoms with E-state index in [4.69, 9.17) is 0 Å². The molecule has 0 spiro atoms. The van der Waals surface area contributed by atoms with Gasteiger partial charge in [0.1, 0.15) is 6.10 Å². The Balaban J connectivity index is 3.53. The highest BCUT2D eigenvalue weighted by Gasteiger charge is 2.23. The third-order valence-electron chi connectivity index (χ3n) is 12.2. The molecule has 0 fully saturated rings. The average molecular weight is 780 g/mol. The van der Waals surface area contributed by atoms with Crippen molar-refractivity contribution in [1.82, 2.24) is 5.32 Å². The van der Waals surface area contributed by atoms with E-state index in [-0.39, 0.29) is 6.61 Å². The maximum absolute atomic E-state index is 12.5. The van der Waals surface area contributed by atoms with Crippen LogP contribution in [0.25, 0.3) is 0 Å². The minimum Gasteiger partial charge on any atom is -0.394 e. The van der Waals surface area contributed by atoms with Crippen molar-refractivity contribution in [3.8, 4) is 0 Å². The van der Waals surface area contributed by atoms with Gasteiger partial charge in [0.2, 0.25) is 5.91 Å². The maximum Gasteiger partial charge on any atom is 0.249 e. The van der Waals surface area contributed by atoms with E-state index in [1.54, 1.807) is 0 Å². The molecule has 0 saturated carbocycles. The molecule has 3 atom stereocenters. The molecule has 0 aliphatic rings. The summed E-state index contributed by atoms with van der Waals surface area (Å²) in [6.07, 6.45) is 54.1. The maximum atomic E-state index is 12.5. The number of aliphatic hydroxyl groups excluding tert-OH is 3. The second-order valence-corrected chi connectivity index (χ2v) is 17.7. The van der Waals surface area contributed by atoms with Crippen LogP contribution in [0.15, 0.2) is 0 Å². The van der Waals surface area contributed by atoms with Crippen molar-refractivity contribution in [3.63, 3.8) is 0 Å². The molecule has 330 valence electrons. The van der Waals surface area contributed by atoms with E-state index in [0.717, 1.165) is 32.1 Å². The molecule has 0 aromatic heterocycles. The number of unbranched alkanes of at least 4 members (excludes halogenated alkanes) is 39. The highest BCUT2D eigenvalue weighted by Crippen LogP contribution is 2.18. The number of carbonyl (C=O) groups excluding carboxylic acids is 1. The summed E-state index contributed by atoms with van der Waals surface area (Å²) in [5.74, 6) is -0.463. The Morgan fingerprint density at radius 2 is 0.582 bits per heavy atom. The third-order valence-corrected chi connectivity index (χ3v) is 12.2. The van der Waals surface area contributed by atoms with Crippen LogP contribution in [0.1, 0.15) is 290 Å². The van der Waals surface area contributed by atoms with Crippen molar-refractivity contribution in [2.24, 2.45) is 0 Å². The quantitative estimate of drug-likeness (QED) is 0.0463. The van der Waals surface area contributed by atoms with Gasteiger partial charge in [0.25, 0.3) is 0 Å². The molecule has 4 N–H and O–H groups in total. The van der Waals surface area contributed by atoms with Crippen LogP contribution in [-0.2, 0) is 4.79 Å². The van der Waals surface area contributed by atoms with Crippen LogP contribution in [0.4, 0.5) is 0 Å². The second-order valence-electron chi connectivity index (χ2n) is 17.7. The van der Waals surface area contributed by atoms with Crippen LogP contribution in [-0.4, -0.2) is 46.1 Å². The molecule has 1 amide bonds. The van der Waals surface area contributed by atoms with E-state index in [1.165, 1.54) is 231 Å². The molecule has 0 aromatic rings. The van der Waals surface area contributed by atoms with Crippen LogP contribution < -0.4 is 5.32 Å². The lowest BCUT2D eigenvalue weighted by molar-refractivity contribution is -0.131. The largest absolute Gasteiger partial charge is 0.394 e. The lowest BCUT2D eigenvalue weighted by atomic mass is 10.0. The van der Waals surface area contributed by atoms with E-state index in [2.05, 4.69) is 19.2 Å². The van der Waals surface area contributed by atoms with E-state index in [0.29, 0.717) is 12.8 Å². The molecule has 0 aliphatic carbocycles. The van der Waals surface area contributed by atoms with Gasteiger partial charge in [-0.2, -0.15) is 0 Å². The first-order valence-electron chi connectivity index (χ1n) is 25.3. The number of amides is 1. The summed E-state index contributed by atoms with van der Waals surface area (Å²) in [7, 11) is 0. The summed E-state index contributed by atoms with van der Waals surface area (Å²) in [5.41, 5.74) is 0. The molecular weight excluding hydrogens is 679 g/mol. The van der Waals surface area contributed by atoms with Crippen molar-refractivity contribution < 1.29 is 20.1 Å². The number of hydrogen-bond donors (Lipinski definition) is 4. The van der Waals surface area contributed by atoms with E-state index < -0.39 is 24.2 Å². The van der Waals surface area contributed by atoms with E-state index in [1.807, 2.05) is 0 Å². The molecular formula is C50H101NO4. The summed E-state index contributed by atoms with van der Waals surface area (Å²) >= 11 is 0. The van der Waals surface area contributed by atoms with Crippen molar-refractivity contribution in [2.45, 2.75) is 308 Å². The molecule has 0 radical (unpaired) electrons. The zero-order chi connectivity index (χ0) is 40.1. The van der Waals surface area contributed by atoms with Gasteiger partial charge in [-0.1, -0.05) is 277 Å². The first kappa shape index (κ1) is 54.3. The van der Waals surface area contributed by atoms with Gasteiger partial charge in [-0.15, -0.1) is 0 Å². The molecule has 0 aromatic carbocycles. The van der Waals surface area contributed by atoms with E-state index in [9.17, 15) is 20.1 Å². The lowest BCUT2D eigenvalue weighted by Gasteiger charge is -2.23. The topological polar surface area (TPSA) is 89.8 Å². The van der Waals surface area contributed by atoms with Gasteiger partial charge in [0.15, 0.2) is 0 Å². The smallest absolute Gasteiger partial charge is 0.249 e. The Labute approximate surface area is 345 Å². The van der Waals surface area contributed by atoms with Gasteiger partial charge in [0, 0.05) is 0 Å². The summed E-state index contributed by atoms with van der Waals surface area (Å²) in [4.78, 5) is 12.5. The van der Waals surface area contributed by atoms with Crippen LogP contribution in [0, 0.1) is 0 Å². The van der Waals surface area contributed by atoms with Crippen LogP contribution in [0.3, 0.4) is 0 Å². The molecule has 5 heteroatoms. The Hall–Kier alpha value is -0.650. The first-order chi connectivity index (χ1) is 27.1. The predicted octanol–water partition coefficient (Wildman–Crippen LogP) is 15.0. The molecule has 0 heterocycles. The van der Waals surface area contributed by atoms with Crippen molar-refractivity contribution in [3.05, 3.63) is 0 Å². The van der Waals surface area contributed by atoms with Gasteiger partial charge >= 0.3 is 0 Å². The highest BCUT2D eigenvalue weighted by molar-refractivity contribution is 5.80. The van der Waals surface area contributed by atoms with Gasteiger partial charge in [0.05, 0.1) is 18.8 Å². The third kappa shape index (κ3) is 41.3. The fourth-order valence-electron chi connectivity index (χ4n) is 8.25. The Morgan fingerprint density at radius 1 is 0.364 bits per heavy atom. The fraction of sp³-hybridized carbons (Fsp3) is 0.980. The minimum absolute atomic E-state index is 0.307. The molecule has 0 saturated heterocycles. The number of carbonyl (C=O) groups is 1. The molecule has 0 aliphatic heterocycles. The molecule has 3 unspecified atom stereocenters. The predicted molar refractivity (Wildman–Crippen MR) is 241 cm³/mol. The van der Waals surface area contributed by atoms with Crippen LogP contribution in [0.2, 0.25) is 0 Å². The van der Waals surface area contributed by atoms with Crippen molar-refractivity contribution in [1.29, 1.82) is 0 Å². The van der Waals surface area contributed by atoms with Crippen LogP contribution in [0.5, 0.6) is 0 Å². The molecule has 0 rings (SSSR count). The zero-order valence-corrected chi connectivity index (χ0v) is 37.6. The summed E-state index contributed by atoms with van der Waals surface area (Å²) in [6, 6.07) is -0.706. The number of aliphatic hydroxyl groups is 3. The summed E-state index contributed by atoms with van der Waals surface area (Å²) < 4.78 is 0. The molecule has 0 bridgehead atoms. The van der Waals surface area contributed by atoms with Gasteiger partial charge in [-0.3, -0.25) is 4.79 Å². The summed E-state index contributed by atoms with van der Waals surface area (Å²) in [5, 5.41) is 33.5. The monoisotopic (exact) mass is 780 g/mol. The van der Waals surface area contributed by atoms with E-state index >= 15 is 0 Å². The lowest BCUT2D eigenvalue weighted by Crippen LogP contribution is -2.49. The Morgan fingerprint density at radius 3 is 0.818 bits per heavy atom. The molecule has 5 nitrogen and oxygen atoms in total. The fourth-order valence-corrected chi connectivity index (χ4v) is 8.25. The van der Waals surface area contributed by atoms with Crippen molar-refractivity contribution >= 4 is 5.91 Å². The molecule has 55 heavy (non-hydrogen) atoms. The summed E-state index contributed by atoms with van der Waals surface area (Å²) in [6.45, 7) is 4.27. The number of rotatable bonds is 47. The van der Waals surface area contributed by atoms with Crippen molar-refractivity contribution in [2.75, 3.05) is 6.61 Å². The zero-order valence-electron chi connectivity index (χ0n) is 37.6. The SMILES string of the molecule is CCCCCCCCCCCCCCCCCCCCCCCC(O)C(=O)NC(CO)C(O)CCCCCCCCCCCCCCCCCCCCCC. The Bertz CT molecular complexity index is 733. The standard InChI is InChI=1S/C50H101NO4/c1-3-5-7-9-11-13-15-17-19-21-23-25-27-29-31-33-35-37-39-41-43-45-49(54)50(55)51-47(46-52)48(53)44-42-40-38-36-34-32-30-28-26-24-22-20-18-16-14-12-10-8-6-4-2/h47-49,52-54H,3-46H2,1-2H3,(H,51,55). The minimum atomic E-state index is -1.07. The Kier molecular flexibility index (Phi) is 45.5. The van der Waals surface area contributed by atoms with Gasteiger partial charge in [-0.05, 0) is 12.8 Å². The highest BCUT2D eigenvalue weighted by atomic mass is 16.3.